The second-order valence-electron chi connectivity index (χ2n) is 8.47. The van der Waals surface area contributed by atoms with Crippen molar-refractivity contribution in [3.8, 4) is 11.1 Å². The van der Waals surface area contributed by atoms with Gasteiger partial charge in [0, 0.05) is 28.2 Å². The van der Waals surface area contributed by atoms with Crippen molar-refractivity contribution in [2.45, 2.75) is 44.3 Å². The average molecular weight is 413 g/mol. The molecule has 3 heterocycles. The predicted molar refractivity (Wildman–Crippen MR) is 117 cm³/mol. The van der Waals surface area contributed by atoms with E-state index in [1.165, 1.54) is 8.85 Å². The van der Waals surface area contributed by atoms with Gasteiger partial charge >= 0.3 is 0 Å². The van der Waals surface area contributed by atoms with Crippen LogP contribution in [-0.2, 0) is 15.4 Å². The van der Waals surface area contributed by atoms with Gasteiger partial charge in [-0.3, -0.25) is 0 Å². The van der Waals surface area contributed by atoms with E-state index in [2.05, 4.69) is 37.2 Å². The van der Waals surface area contributed by atoms with Crippen LogP contribution in [0.5, 0.6) is 0 Å². The third-order valence-corrected chi connectivity index (χ3v) is 8.88. The first-order valence-electron chi connectivity index (χ1n) is 9.28. The Morgan fingerprint density at radius 3 is 2.68 bits per heavy atom. The van der Waals surface area contributed by atoms with Crippen LogP contribution in [0.1, 0.15) is 39.0 Å². The first kappa shape index (κ1) is 19.2. The van der Waals surface area contributed by atoms with Crippen LogP contribution in [0.4, 0.5) is 0 Å². The van der Waals surface area contributed by atoms with Crippen LogP contribution in [0.3, 0.4) is 0 Å². The zero-order valence-electron chi connectivity index (χ0n) is 16.5. The molecular weight excluding hydrogens is 388 g/mol. The molecule has 3 aromatic rings. The Morgan fingerprint density at radius 2 is 2.04 bits per heavy atom. The molecule has 0 amide bonds. The Hall–Kier alpha value is -2.18. The molecule has 0 N–H and O–H groups in total. The summed E-state index contributed by atoms with van der Waals surface area (Å²) in [4.78, 5) is 5.69. The van der Waals surface area contributed by atoms with Crippen LogP contribution in [0.25, 0.3) is 22.2 Å². The maximum Gasteiger partial charge on any atom is 0.249 e. The Labute approximate surface area is 170 Å². The number of nitrogens with zero attached hydrogens (tertiary/aromatic N) is 2. The van der Waals surface area contributed by atoms with Crippen LogP contribution in [0, 0.1) is 0 Å². The molecule has 0 saturated carbocycles. The lowest BCUT2D eigenvalue weighted by Crippen LogP contribution is -2.37. The monoisotopic (exact) mass is 412 g/mol. The summed E-state index contributed by atoms with van der Waals surface area (Å²) >= 11 is 1.70. The molecule has 0 aromatic carbocycles. The molecule has 0 fully saturated rings. The van der Waals surface area contributed by atoms with E-state index in [9.17, 15) is 8.42 Å². The van der Waals surface area contributed by atoms with Gasteiger partial charge in [-0.15, -0.1) is 11.3 Å². The third-order valence-electron chi connectivity index (χ3n) is 5.25. The molecule has 6 heteroatoms. The minimum absolute atomic E-state index is 0.0539. The molecule has 0 aliphatic heterocycles. The summed E-state index contributed by atoms with van der Waals surface area (Å²) in [6, 6.07) is 5.95. The van der Waals surface area contributed by atoms with Gasteiger partial charge in [-0.1, -0.05) is 45.1 Å². The summed E-state index contributed by atoms with van der Waals surface area (Å²) in [5.41, 5.74) is 2.46. The Balaban J connectivity index is 1.92. The van der Waals surface area contributed by atoms with E-state index in [4.69, 9.17) is 0 Å². The van der Waals surface area contributed by atoms with Crippen molar-refractivity contribution in [3.05, 3.63) is 65.2 Å². The van der Waals surface area contributed by atoms with Crippen LogP contribution in [-0.4, -0.2) is 22.1 Å². The van der Waals surface area contributed by atoms with Gasteiger partial charge in [0.1, 0.15) is 4.75 Å². The Bertz CT molecular complexity index is 1210. The molecule has 0 saturated heterocycles. The molecule has 4 rings (SSSR count). The maximum absolute atomic E-state index is 13.6. The van der Waals surface area contributed by atoms with E-state index < -0.39 is 14.8 Å². The van der Waals surface area contributed by atoms with Crippen molar-refractivity contribution in [2.75, 3.05) is 0 Å². The van der Waals surface area contributed by atoms with Gasteiger partial charge in [-0.05, 0) is 47.9 Å². The number of thiophene rings is 1. The van der Waals surface area contributed by atoms with Gasteiger partial charge in [-0.25, -0.2) is 17.4 Å². The van der Waals surface area contributed by atoms with E-state index in [0.717, 1.165) is 16.5 Å². The van der Waals surface area contributed by atoms with Gasteiger partial charge in [0.15, 0.2) is 5.65 Å². The number of fused-ring (bicyclic) bond motifs is 1. The van der Waals surface area contributed by atoms with E-state index in [1.54, 1.807) is 42.8 Å². The number of allylic oxidation sites excluding steroid dienone is 3. The highest BCUT2D eigenvalue weighted by atomic mass is 32.2. The summed E-state index contributed by atoms with van der Waals surface area (Å²) in [6.45, 7) is 8.31. The van der Waals surface area contributed by atoms with Crippen LogP contribution in [0.15, 0.2) is 60.3 Å². The van der Waals surface area contributed by atoms with Gasteiger partial charge in [-0.2, -0.15) is 0 Å². The average Bonchev–Trinajstić information content (AvgIpc) is 3.27. The van der Waals surface area contributed by atoms with Gasteiger partial charge in [0.25, 0.3) is 0 Å². The van der Waals surface area contributed by atoms with Gasteiger partial charge in [0.05, 0.1) is 0 Å². The summed E-state index contributed by atoms with van der Waals surface area (Å²) in [7, 11) is -3.68. The highest BCUT2D eigenvalue weighted by Crippen LogP contribution is 2.39. The van der Waals surface area contributed by atoms with Gasteiger partial charge < -0.3 is 0 Å². The van der Waals surface area contributed by atoms with Gasteiger partial charge in [0.2, 0.25) is 10.0 Å². The topological polar surface area (TPSA) is 52.0 Å². The minimum atomic E-state index is -3.68. The molecule has 28 heavy (non-hydrogen) atoms. The normalized spacial score (nSPS) is 20.1. The molecule has 146 valence electrons. The summed E-state index contributed by atoms with van der Waals surface area (Å²) in [5, 5.41) is 2.95. The van der Waals surface area contributed by atoms with Crippen molar-refractivity contribution in [2.24, 2.45) is 0 Å². The molecule has 3 aromatic heterocycles. The van der Waals surface area contributed by atoms with Crippen molar-refractivity contribution in [3.63, 3.8) is 0 Å². The fourth-order valence-electron chi connectivity index (χ4n) is 3.44. The Morgan fingerprint density at radius 1 is 1.25 bits per heavy atom. The fourth-order valence-corrected chi connectivity index (χ4v) is 6.06. The second kappa shape index (κ2) is 6.42. The number of hydrogen-bond donors (Lipinski definition) is 0. The molecule has 0 spiro atoms. The molecule has 4 nitrogen and oxygen atoms in total. The van der Waals surface area contributed by atoms with Crippen molar-refractivity contribution in [1.82, 2.24) is 8.96 Å². The second-order valence-corrected chi connectivity index (χ2v) is 11.7. The van der Waals surface area contributed by atoms with E-state index in [0.29, 0.717) is 12.1 Å². The predicted octanol–water partition coefficient (Wildman–Crippen LogP) is 5.52. The lowest BCUT2D eigenvalue weighted by Gasteiger charge is -2.26. The highest BCUT2D eigenvalue weighted by Gasteiger charge is 2.39. The zero-order valence-corrected chi connectivity index (χ0v) is 18.1. The standard InChI is InChI=1S/C22H24N2O2S2/c1-21(2,3)19-13-16(15-27-19)18-14-24(20-17(18)9-8-12-23-20)28(25,26)22(4)10-6-5-7-11-22/h5-10,12-15H,11H2,1-4H3. The lowest BCUT2D eigenvalue weighted by molar-refractivity contribution is 0.554. The first-order chi connectivity index (χ1) is 13.1. The lowest BCUT2D eigenvalue weighted by atomic mass is 9.93. The quantitative estimate of drug-likeness (QED) is 0.569. The molecule has 0 radical (unpaired) electrons. The van der Waals surface area contributed by atoms with E-state index in [1.807, 2.05) is 24.3 Å². The number of aromatic nitrogens is 2. The largest absolute Gasteiger partial charge is 0.249 e. The highest BCUT2D eigenvalue weighted by molar-refractivity contribution is 7.91. The molecule has 1 unspecified atom stereocenters. The Kier molecular flexibility index (Phi) is 4.39. The smallest absolute Gasteiger partial charge is 0.237 e. The van der Waals surface area contributed by atoms with Crippen molar-refractivity contribution >= 4 is 32.4 Å². The number of hydrogen-bond acceptors (Lipinski definition) is 4. The fraction of sp³-hybridized carbons (Fsp3) is 0.318. The first-order valence-corrected chi connectivity index (χ1v) is 11.6. The van der Waals surface area contributed by atoms with E-state index in [-0.39, 0.29) is 5.41 Å². The summed E-state index contributed by atoms with van der Waals surface area (Å²) < 4.78 is 27.5. The molecule has 0 bridgehead atoms. The van der Waals surface area contributed by atoms with Crippen molar-refractivity contribution in [1.29, 1.82) is 0 Å². The molecule has 1 atom stereocenters. The maximum atomic E-state index is 13.6. The van der Waals surface area contributed by atoms with Crippen LogP contribution in [0.2, 0.25) is 0 Å². The molecular formula is C22H24N2O2S2. The summed E-state index contributed by atoms with van der Waals surface area (Å²) in [6.07, 6.45) is 11.2. The van der Waals surface area contributed by atoms with Crippen molar-refractivity contribution < 1.29 is 8.42 Å². The number of pyridine rings is 1. The minimum Gasteiger partial charge on any atom is -0.237 e. The van der Waals surface area contributed by atoms with Crippen LogP contribution < -0.4 is 0 Å². The SMILES string of the molecule is CC(C)(C)c1cc(-c2cn(S(=O)(=O)C3(C)C=CC=CC3)c3ncccc23)cs1. The van der Waals surface area contributed by atoms with E-state index >= 15 is 0 Å². The molecule has 1 aliphatic carbocycles. The third kappa shape index (κ3) is 2.95. The molecule has 1 aliphatic rings. The zero-order chi connectivity index (χ0) is 20.2. The summed E-state index contributed by atoms with van der Waals surface area (Å²) in [5.74, 6) is 0. The number of rotatable bonds is 3. The van der Waals surface area contributed by atoms with Crippen LogP contribution >= 0.6 is 11.3 Å².